The Kier molecular flexibility index (Phi) is 5.57. The van der Waals surface area contributed by atoms with Crippen molar-refractivity contribution in [1.82, 2.24) is 29.5 Å². The molecule has 4 rings (SSSR count). The minimum atomic E-state index is -4.65. The maximum absolute atomic E-state index is 13.3. The molecule has 0 aliphatic carbocycles. The van der Waals surface area contributed by atoms with Crippen LogP contribution in [0.15, 0.2) is 12.3 Å². The topological polar surface area (TPSA) is 101 Å². The summed E-state index contributed by atoms with van der Waals surface area (Å²) in [5, 5.41) is 16.8. The number of hydrogen-bond acceptors (Lipinski definition) is 6. The summed E-state index contributed by atoms with van der Waals surface area (Å²) in [4.78, 5) is 22.4. The Morgan fingerprint density at radius 2 is 2.06 bits per heavy atom. The Morgan fingerprint density at radius 3 is 2.69 bits per heavy atom. The molecule has 9 nitrogen and oxygen atoms in total. The number of carbonyl (C=O) groups excluding carboxylic acids is 1. The van der Waals surface area contributed by atoms with Crippen LogP contribution in [-0.4, -0.2) is 55.0 Å². The number of amides is 1. The molecule has 172 valence electrons. The summed E-state index contributed by atoms with van der Waals surface area (Å²) in [6, 6.07) is 1.47. The molecule has 0 radical (unpaired) electrons. The van der Waals surface area contributed by atoms with Crippen molar-refractivity contribution in [2.45, 2.75) is 45.0 Å². The highest BCUT2D eigenvalue weighted by atomic mass is 19.4. The molecule has 1 saturated heterocycles. The van der Waals surface area contributed by atoms with Crippen LogP contribution in [0.25, 0.3) is 5.65 Å². The second-order valence-electron chi connectivity index (χ2n) is 7.85. The monoisotopic (exact) mass is 451 g/mol. The summed E-state index contributed by atoms with van der Waals surface area (Å²) in [5.41, 5.74) is -0.917. The number of fused-ring (bicyclic) bond motifs is 1. The van der Waals surface area contributed by atoms with Crippen molar-refractivity contribution in [3.05, 3.63) is 40.7 Å². The first-order chi connectivity index (χ1) is 15.1. The lowest BCUT2D eigenvalue weighted by Gasteiger charge is -2.18. The van der Waals surface area contributed by atoms with Gasteiger partial charge in [0.2, 0.25) is 0 Å². The molecule has 0 saturated carbocycles. The summed E-state index contributed by atoms with van der Waals surface area (Å²) in [6.07, 6.45) is -0.972. The summed E-state index contributed by atoms with van der Waals surface area (Å²) in [5.74, 6) is 0.878. The first-order valence-electron chi connectivity index (χ1n) is 10.3. The number of carbonyl (C=O) groups is 1. The number of aliphatic hydroxyl groups is 1. The third-order valence-electron chi connectivity index (χ3n) is 5.68. The second kappa shape index (κ2) is 8.08. The molecule has 32 heavy (non-hydrogen) atoms. The average molecular weight is 451 g/mol. The predicted molar refractivity (Wildman–Crippen MR) is 109 cm³/mol. The van der Waals surface area contributed by atoms with Gasteiger partial charge < -0.3 is 19.9 Å². The molecule has 3 aromatic heterocycles. The molecule has 1 amide bonds. The predicted octanol–water partition coefficient (Wildman–Crippen LogP) is 1.85. The van der Waals surface area contributed by atoms with Crippen molar-refractivity contribution in [3.63, 3.8) is 0 Å². The SMILES string of the molecule is CNC(=O)c1cc(CCc2nc(N3CCCC3O)cn2C)nn2c(C)c(C(F)(F)F)nc12. The molecule has 2 N–H and O–H groups in total. The van der Waals surface area contributed by atoms with Crippen LogP contribution in [0.2, 0.25) is 0 Å². The van der Waals surface area contributed by atoms with Gasteiger partial charge in [-0.15, -0.1) is 0 Å². The smallest absolute Gasteiger partial charge is 0.374 e. The molecule has 4 heterocycles. The number of anilines is 1. The summed E-state index contributed by atoms with van der Waals surface area (Å²) >= 11 is 0. The molecule has 0 aromatic carbocycles. The van der Waals surface area contributed by atoms with Crippen molar-refractivity contribution >= 4 is 17.4 Å². The van der Waals surface area contributed by atoms with Gasteiger partial charge in [0.15, 0.2) is 11.3 Å². The zero-order valence-corrected chi connectivity index (χ0v) is 17.9. The molecular weight excluding hydrogens is 427 g/mol. The number of imidazole rings is 2. The number of halogens is 3. The van der Waals surface area contributed by atoms with Gasteiger partial charge in [-0.05, 0) is 32.3 Å². The van der Waals surface area contributed by atoms with Crippen LogP contribution in [0, 0.1) is 6.92 Å². The molecule has 3 aromatic rings. The lowest BCUT2D eigenvalue weighted by Crippen LogP contribution is -2.28. The van der Waals surface area contributed by atoms with Gasteiger partial charge >= 0.3 is 6.18 Å². The van der Waals surface area contributed by atoms with E-state index < -0.39 is 24.0 Å². The van der Waals surface area contributed by atoms with Gasteiger partial charge in [0, 0.05) is 33.3 Å². The Morgan fingerprint density at radius 1 is 1.31 bits per heavy atom. The summed E-state index contributed by atoms with van der Waals surface area (Å²) in [7, 11) is 3.25. The lowest BCUT2D eigenvalue weighted by atomic mass is 10.1. The van der Waals surface area contributed by atoms with E-state index in [0.29, 0.717) is 30.8 Å². The van der Waals surface area contributed by atoms with Crippen LogP contribution >= 0.6 is 0 Å². The van der Waals surface area contributed by atoms with Crippen LogP contribution in [0.3, 0.4) is 0 Å². The number of alkyl halides is 3. The van der Waals surface area contributed by atoms with E-state index >= 15 is 0 Å². The number of aromatic nitrogens is 5. The number of nitrogens with one attached hydrogen (secondary N) is 1. The first-order valence-corrected chi connectivity index (χ1v) is 10.3. The quantitative estimate of drug-likeness (QED) is 0.614. The summed E-state index contributed by atoms with van der Waals surface area (Å²) in [6.45, 7) is 2.01. The normalized spacial score (nSPS) is 16.8. The second-order valence-corrected chi connectivity index (χ2v) is 7.85. The van der Waals surface area contributed by atoms with Crippen molar-refractivity contribution in [2.75, 3.05) is 18.5 Å². The number of nitrogens with zero attached hydrogens (tertiary/aromatic N) is 6. The van der Waals surface area contributed by atoms with Gasteiger partial charge in [-0.2, -0.15) is 18.3 Å². The fraction of sp³-hybridized carbons (Fsp3) is 0.500. The van der Waals surface area contributed by atoms with Gasteiger partial charge in [0.1, 0.15) is 17.9 Å². The third kappa shape index (κ3) is 3.90. The number of rotatable bonds is 5. The van der Waals surface area contributed by atoms with E-state index in [0.717, 1.165) is 23.3 Å². The van der Waals surface area contributed by atoms with Gasteiger partial charge in [-0.1, -0.05) is 0 Å². The molecule has 0 bridgehead atoms. The molecule has 1 aliphatic heterocycles. The van der Waals surface area contributed by atoms with Gasteiger partial charge in [0.05, 0.1) is 17.0 Å². The van der Waals surface area contributed by atoms with Crippen molar-refractivity contribution in [1.29, 1.82) is 0 Å². The molecule has 12 heteroatoms. The molecular formula is C20H24F3N7O2. The van der Waals surface area contributed by atoms with Crippen LogP contribution in [0.1, 0.15) is 46.1 Å². The van der Waals surface area contributed by atoms with Crippen LogP contribution < -0.4 is 10.2 Å². The number of hydrogen-bond donors (Lipinski definition) is 2. The Balaban J connectivity index is 1.66. The van der Waals surface area contributed by atoms with Gasteiger partial charge in [-0.25, -0.2) is 14.5 Å². The van der Waals surface area contributed by atoms with E-state index in [1.807, 2.05) is 22.7 Å². The molecule has 1 unspecified atom stereocenters. The van der Waals surface area contributed by atoms with Crippen molar-refractivity contribution in [2.24, 2.45) is 7.05 Å². The van der Waals surface area contributed by atoms with E-state index in [-0.39, 0.29) is 16.9 Å². The van der Waals surface area contributed by atoms with E-state index in [9.17, 15) is 23.1 Å². The van der Waals surface area contributed by atoms with E-state index in [4.69, 9.17) is 0 Å². The molecule has 1 atom stereocenters. The van der Waals surface area contributed by atoms with Gasteiger partial charge in [0.25, 0.3) is 5.91 Å². The van der Waals surface area contributed by atoms with Crippen LogP contribution in [0.5, 0.6) is 0 Å². The van der Waals surface area contributed by atoms with E-state index in [2.05, 4.69) is 20.4 Å². The number of aryl methyl sites for hydroxylation is 4. The number of aliphatic hydroxyl groups excluding tert-OH is 1. The minimum absolute atomic E-state index is 0.0248. The highest BCUT2D eigenvalue weighted by Gasteiger charge is 2.37. The Hall–Kier alpha value is -3.15. The average Bonchev–Trinajstić information content (AvgIpc) is 3.42. The maximum atomic E-state index is 13.3. The molecule has 1 aliphatic rings. The fourth-order valence-electron chi connectivity index (χ4n) is 3.99. The Labute approximate surface area is 181 Å². The highest BCUT2D eigenvalue weighted by molar-refractivity contribution is 5.99. The Bertz CT molecular complexity index is 1170. The first kappa shape index (κ1) is 22.1. The van der Waals surface area contributed by atoms with E-state index in [1.54, 1.807) is 0 Å². The van der Waals surface area contributed by atoms with Crippen molar-refractivity contribution in [3.8, 4) is 0 Å². The third-order valence-corrected chi connectivity index (χ3v) is 5.68. The van der Waals surface area contributed by atoms with Crippen LogP contribution in [0.4, 0.5) is 19.0 Å². The highest BCUT2D eigenvalue weighted by Crippen LogP contribution is 2.32. The molecule has 0 spiro atoms. The standard InChI is InChI=1S/C20H24F3N7O2/c1-11-17(20(21,22)23)26-18-13(19(32)24-2)9-12(27-30(11)18)6-7-14-25-15(10-28(14)3)29-8-4-5-16(29)31/h9-10,16,31H,4-8H2,1-3H3,(H,24,32). The van der Waals surface area contributed by atoms with Gasteiger partial charge in [-0.3, -0.25) is 4.79 Å². The summed E-state index contributed by atoms with van der Waals surface area (Å²) < 4.78 is 42.9. The molecule has 1 fully saturated rings. The zero-order valence-electron chi connectivity index (χ0n) is 17.9. The zero-order chi connectivity index (χ0) is 23.2. The largest absolute Gasteiger partial charge is 0.435 e. The minimum Gasteiger partial charge on any atom is -0.374 e. The lowest BCUT2D eigenvalue weighted by molar-refractivity contribution is -0.141. The van der Waals surface area contributed by atoms with Crippen LogP contribution in [-0.2, 0) is 26.1 Å². The van der Waals surface area contributed by atoms with E-state index in [1.165, 1.54) is 20.0 Å². The fourth-order valence-corrected chi connectivity index (χ4v) is 3.99. The maximum Gasteiger partial charge on any atom is 0.435 e. The van der Waals surface area contributed by atoms with Crippen molar-refractivity contribution < 1.29 is 23.1 Å².